The fraction of sp³-hybridized carbons (Fsp3) is 0.350. The second kappa shape index (κ2) is 8.41. The Balaban J connectivity index is 1.48. The van der Waals surface area contributed by atoms with Gasteiger partial charge in [0, 0.05) is 13.1 Å². The standard InChI is InChI=1S/C20H23NO3S/c1-25(23)19-9-7-17(8-10-19)18-11-13-21(14-12-18)20(22)24-15-16-5-3-2-4-6-16/h2-10,18H,11-15H2,1H3. The van der Waals surface area contributed by atoms with E-state index in [2.05, 4.69) is 12.1 Å². The predicted molar refractivity (Wildman–Crippen MR) is 98.9 cm³/mol. The van der Waals surface area contributed by atoms with E-state index in [4.69, 9.17) is 4.74 Å². The van der Waals surface area contributed by atoms with Gasteiger partial charge in [-0.3, -0.25) is 0 Å². The zero-order chi connectivity index (χ0) is 17.6. The summed E-state index contributed by atoms with van der Waals surface area (Å²) in [6.07, 6.45) is 3.30. The molecule has 1 aliphatic rings. The van der Waals surface area contributed by atoms with E-state index in [1.807, 2.05) is 42.5 Å². The van der Waals surface area contributed by atoms with Gasteiger partial charge >= 0.3 is 6.09 Å². The summed E-state index contributed by atoms with van der Waals surface area (Å²) in [5.74, 6) is 0.442. The zero-order valence-corrected chi connectivity index (χ0v) is 15.2. The number of hydrogen-bond acceptors (Lipinski definition) is 3. The summed E-state index contributed by atoms with van der Waals surface area (Å²) in [5, 5.41) is 0. The molecule has 25 heavy (non-hydrogen) atoms. The van der Waals surface area contributed by atoms with Gasteiger partial charge in [-0.1, -0.05) is 42.5 Å². The van der Waals surface area contributed by atoms with E-state index < -0.39 is 11.2 Å². The maximum Gasteiger partial charge on any atom is 0.410 e. The number of nitrogens with zero attached hydrogens (tertiary/aromatic N) is 1. The molecular formula is C20H23NO3S. The number of carbonyl (C=O) groups excluding carboxylic acids is 1. The topological polar surface area (TPSA) is 52.6 Å². The third-order valence-electron chi connectivity index (χ3n) is 4.64. The summed E-state index contributed by atoms with van der Waals surface area (Å²) in [6, 6.07) is 17.7. The van der Waals surface area contributed by atoms with Gasteiger partial charge < -0.3 is 14.2 Å². The van der Waals surface area contributed by atoms with Crippen molar-refractivity contribution >= 4 is 17.3 Å². The van der Waals surface area contributed by atoms with Gasteiger partial charge in [0.2, 0.25) is 0 Å². The molecule has 0 N–H and O–H groups in total. The lowest BCUT2D eigenvalue weighted by Crippen LogP contribution is -2.38. The lowest BCUT2D eigenvalue weighted by molar-refractivity contribution is 0.0870. The van der Waals surface area contributed by atoms with Crippen LogP contribution in [0.2, 0.25) is 0 Å². The summed E-state index contributed by atoms with van der Waals surface area (Å²) >= 11 is -0.942. The van der Waals surface area contributed by atoms with Crippen LogP contribution in [-0.2, 0) is 22.5 Å². The van der Waals surface area contributed by atoms with Crippen LogP contribution in [0.15, 0.2) is 59.5 Å². The minimum Gasteiger partial charge on any atom is -0.612 e. The van der Waals surface area contributed by atoms with Crippen LogP contribution in [0.5, 0.6) is 0 Å². The SMILES string of the molecule is C[S+]([O-])c1ccc(C2CCN(C(=O)OCc3ccccc3)CC2)cc1. The summed E-state index contributed by atoms with van der Waals surface area (Å²) in [6.45, 7) is 1.73. The van der Waals surface area contributed by atoms with Crippen molar-refractivity contribution in [1.29, 1.82) is 0 Å². The normalized spacial score (nSPS) is 16.5. The van der Waals surface area contributed by atoms with Crippen LogP contribution >= 0.6 is 0 Å². The Bertz CT molecular complexity index is 680. The number of ether oxygens (including phenoxy) is 1. The summed E-state index contributed by atoms with van der Waals surface area (Å²) in [7, 11) is 0. The number of hydrogen-bond donors (Lipinski definition) is 0. The Morgan fingerprint density at radius 3 is 2.36 bits per heavy atom. The lowest BCUT2D eigenvalue weighted by Gasteiger charge is -2.31. The highest BCUT2D eigenvalue weighted by molar-refractivity contribution is 7.90. The predicted octanol–water partition coefficient (Wildman–Crippen LogP) is 3.94. The maximum atomic E-state index is 12.2. The highest BCUT2D eigenvalue weighted by Gasteiger charge is 2.25. The van der Waals surface area contributed by atoms with Crippen molar-refractivity contribution < 1.29 is 14.1 Å². The van der Waals surface area contributed by atoms with Crippen LogP contribution in [-0.4, -0.2) is 34.9 Å². The molecule has 1 amide bonds. The highest BCUT2D eigenvalue weighted by Crippen LogP contribution is 2.29. The molecule has 1 heterocycles. The monoisotopic (exact) mass is 357 g/mol. The van der Waals surface area contributed by atoms with Crippen molar-refractivity contribution in [3.05, 3.63) is 65.7 Å². The van der Waals surface area contributed by atoms with Gasteiger partial charge in [0.1, 0.15) is 12.9 Å². The molecule has 5 heteroatoms. The molecule has 0 aliphatic carbocycles. The van der Waals surface area contributed by atoms with E-state index in [0.717, 1.165) is 23.3 Å². The molecule has 2 aromatic carbocycles. The number of benzene rings is 2. The number of likely N-dealkylation sites (tertiary alicyclic amines) is 1. The molecule has 1 unspecified atom stereocenters. The van der Waals surface area contributed by atoms with Crippen molar-refractivity contribution in [2.75, 3.05) is 19.3 Å². The molecule has 132 valence electrons. The van der Waals surface area contributed by atoms with Crippen LogP contribution in [0, 0.1) is 0 Å². The first-order chi connectivity index (χ1) is 12.1. The van der Waals surface area contributed by atoms with Crippen molar-refractivity contribution in [3.8, 4) is 0 Å². The molecule has 2 aromatic rings. The number of carbonyl (C=O) groups is 1. The fourth-order valence-corrected chi connectivity index (χ4v) is 3.66. The second-order valence-electron chi connectivity index (χ2n) is 6.32. The lowest BCUT2D eigenvalue weighted by atomic mass is 9.90. The number of piperidine rings is 1. The number of amides is 1. The average molecular weight is 357 g/mol. The molecule has 1 atom stereocenters. The molecule has 3 rings (SSSR count). The average Bonchev–Trinajstić information content (AvgIpc) is 2.67. The molecule has 1 saturated heterocycles. The van der Waals surface area contributed by atoms with Gasteiger partial charge in [-0.15, -0.1) is 0 Å². The Morgan fingerprint density at radius 1 is 1.12 bits per heavy atom. The molecule has 0 spiro atoms. The van der Waals surface area contributed by atoms with Crippen LogP contribution in [0.3, 0.4) is 0 Å². The minimum absolute atomic E-state index is 0.237. The molecule has 0 radical (unpaired) electrons. The van der Waals surface area contributed by atoms with Gasteiger partial charge in [0.05, 0.1) is 0 Å². The Labute approximate surface area is 152 Å². The number of rotatable bonds is 4. The van der Waals surface area contributed by atoms with Gasteiger partial charge in [-0.25, -0.2) is 4.79 Å². The highest BCUT2D eigenvalue weighted by atomic mass is 32.2. The third kappa shape index (κ3) is 4.77. The van der Waals surface area contributed by atoms with E-state index in [1.54, 1.807) is 11.2 Å². The molecular weight excluding hydrogens is 334 g/mol. The van der Waals surface area contributed by atoms with Crippen molar-refractivity contribution in [2.45, 2.75) is 30.3 Å². The van der Waals surface area contributed by atoms with Crippen LogP contribution in [0.1, 0.15) is 29.9 Å². The first-order valence-electron chi connectivity index (χ1n) is 8.52. The molecule has 0 saturated carbocycles. The molecule has 0 aromatic heterocycles. The Kier molecular flexibility index (Phi) is 6.00. The molecule has 1 fully saturated rings. The van der Waals surface area contributed by atoms with Crippen LogP contribution in [0.4, 0.5) is 4.79 Å². The Morgan fingerprint density at radius 2 is 1.76 bits per heavy atom. The van der Waals surface area contributed by atoms with E-state index in [9.17, 15) is 9.35 Å². The van der Waals surface area contributed by atoms with Crippen LogP contribution in [0.25, 0.3) is 0 Å². The zero-order valence-electron chi connectivity index (χ0n) is 14.4. The van der Waals surface area contributed by atoms with E-state index in [0.29, 0.717) is 25.6 Å². The largest absolute Gasteiger partial charge is 0.612 e. The minimum atomic E-state index is -0.942. The van der Waals surface area contributed by atoms with E-state index in [1.165, 1.54) is 5.56 Å². The second-order valence-corrected chi connectivity index (χ2v) is 7.70. The van der Waals surface area contributed by atoms with E-state index in [-0.39, 0.29) is 6.09 Å². The van der Waals surface area contributed by atoms with Crippen LogP contribution < -0.4 is 0 Å². The summed E-state index contributed by atoms with van der Waals surface area (Å²) < 4.78 is 16.9. The first kappa shape index (κ1) is 17.8. The van der Waals surface area contributed by atoms with E-state index >= 15 is 0 Å². The fourth-order valence-electron chi connectivity index (χ4n) is 3.14. The molecule has 1 aliphatic heterocycles. The maximum absolute atomic E-state index is 12.2. The molecule has 4 nitrogen and oxygen atoms in total. The first-order valence-corrected chi connectivity index (χ1v) is 10.1. The quantitative estimate of drug-likeness (QED) is 0.779. The smallest absolute Gasteiger partial charge is 0.410 e. The van der Waals surface area contributed by atoms with Crippen molar-refractivity contribution in [3.63, 3.8) is 0 Å². The molecule has 0 bridgehead atoms. The summed E-state index contributed by atoms with van der Waals surface area (Å²) in [5.41, 5.74) is 2.26. The Hall–Kier alpha value is -1.98. The van der Waals surface area contributed by atoms with Gasteiger partial charge in [0.25, 0.3) is 0 Å². The van der Waals surface area contributed by atoms with Crippen molar-refractivity contribution in [2.24, 2.45) is 0 Å². The third-order valence-corrected chi connectivity index (χ3v) is 5.58. The van der Waals surface area contributed by atoms with Gasteiger partial charge in [-0.2, -0.15) is 0 Å². The summed E-state index contributed by atoms with van der Waals surface area (Å²) in [4.78, 5) is 14.8. The van der Waals surface area contributed by atoms with Gasteiger partial charge in [-0.05, 0) is 53.2 Å². The van der Waals surface area contributed by atoms with Crippen molar-refractivity contribution in [1.82, 2.24) is 4.90 Å². The van der Waals surface area contributed by atoms with Gasteiger partial charge in [0.15, 0.2) is 4.90 Å².